The molecule has 0 amide bonds. The second kappa shape index (κ2) is 8.42. The van der Waals surface area contributed by atoms with Crippen molar-refractivity contribution < 1.29 is 0 Å². The second-order valence-electron chi connectivity index (χ2n) is 13.6. The quantitative estimate of drug-likeness (QED) is 0.172. The van der Waals surface area contributed by atoms with E-state index in [-0.39, 0.29) is 0 Å². The Morgan fingerprint density at radius 1 is 0.312 bits per heavy atom. The molecule has 220 valence electrons. The lowest BCUT2D eigenvalue weighted by Crippen LogP contribution is -2.28. The summed E-state index contributed by atoms with van der Waals surface area (Å²) < 4.78 is 0. The summed E-state index contributed by atoms with van der Waals surface area (Å²) in [5.41, 5.74) is 19.9. The maximum absolute atomic E-state index is 4.81. The van der Waals surface area contributed by atoms with Crippen molar-refractivity contribution in [2.45, 2.75) is 10.8 Å². The SMILES string of the molecule is c1ccc2c(c1)C1=C(c3ccccc3C13c1ccccc1-c1cc4ncccc4cc13)C21c2ccccc2-c2cc3ncccc3cc21. The third-order valence-corrected chi connectivity index (χ3v) is 11.7. The van der Waals surface area contributed by atoms with E-state index in [1.807, 2.05) is 12.4 Å². The number of rotatable bonds is 0. The molecule has 2 aromatic heterocycles. The summed E-state index contributed by atoms with van der Waals surface area (Å²) in [5, 5.41) is 2.35. The van der Waals surface area contributed by atoms with Crippen molar-refractivity contribution in [2.24, 2.45) is 0 Å². The van der Waals surface area contributed by atoms with Gasteiger partial charge in [-0.3, -0.25) is 9.97 Å². The number of hydrogen-bond acceptors (Lipinski definition) is 2. The molecule has 2 nitrogen and oxygen atoms in total. The Balaban J connectivity index is 1.32. The van der Waals surface area contributed by atoms with E-state index in [2.05, 4.69) is 146 Å². The average Bonchev–Trinajstić information content (AvgIpc) is 3.82. The van der Waals surface area contributed by atoms with E-state index in [1.54, 1.807) is 0 Å². The van der Waals surface area contributed by atoms with Crippen molar-refractivity contribution in [3.05, 3.63) is 202 Å². The Morgan fingerprint density at radius 2 is 0.688 bits per heavy atom. The fraction of sp³-hybridized carbons (Fsp3) is 0.0435. The van der Waals surface area contributed by atoms with Crippen LogP contribution in [-0.2, 0) is 10.8 Å². The molecular weight excluding hydrogens is 581 g/mol. The van der Waals surface area contributed by atoms with E-state index in [9.17, 15) is 0 Å². The number of aromatic nitrogens is 2. The molecule has 0 aliphatic heterocycles. The number of allylic oxidation sites excluding steroid dienone is 2. The zero-order valence-electron chi connectivity index (χ0n) is 25.9. The number of hydrogen-bond donors (Lipinski definition) is 0. The first-order chi connectivity index (χ1) is 23.8. The topological polar surface area (TPSA) is 25.8 Å². The van der Waals surface area contributed by atoms with Crippen molar-refractivity contribution in [2.75, 3.05) is 0 Å². The molecule has 0 fully saturated rings. The van der Waals surface area contributed by atoms with E-state index < -0.39 is 10.8 Å². The predicted octanol–water partition coefficient (Wildman–Crippen LogP) is 10.4. The second-order valence-corrected chi connectivity index (χ2v) is 13.6. The molecule has 0 radical (unpaired) electrons. The van der Waals surface area contributed by atoms with Gasteiger partial charge in [-0.15, -0.1) is 0 Å². The van der Waals surface area contributed by atoms with Crippen LogP contribution < -0.4 is 0 Å². The first-order valence-electron chi connectivity index (χ1n) is 16.7. The molecule has 2 atom stereocenters. The highest BCUT2D eigenvalue weighted by molar-refractivity contribution is 6.20. The minimum Gasteiger partial charge on any atom is -0.256 e. The van der Waals surface area contributed by atoms with E-state index in [4.69, 9.17) is 9.97 Å². The van der Waals surface area contributed by atoms with Crippen LogP contribution in [0.4, 0.5) is 0 Å². The van der Waals surface area contributed by atoms with Gasteiger partial charge in [0.2, 0.25) is 0 Å². The molecule has 2 heteroatoms. The molecule has 12 rings (SSSR count). The van der Waals surface area contributed by atoms with Gasteiger partial charge in [0.1, 0.15) is 0 Å². The van der Waals surface area contributed by atoms with Gasteiger partial charge in [0.25, 0.3) is 0 Å². The van der Waals surface area contributed by atoms with Crippen LogP contribution in [0.25, 0.3) is 55.2 Å². The molecule has 0 bridgehead atoms. The molecule has 2 heterocycles. The number of fused-ring (bicyclic) bond motifs is 20. The van der Waals surface area contributed by atoms with Gasteiger partial charge >= 0.3 is 0 Å². The van der Waals surface area contributed by atoms with Crippen molar-refractivity contribution >= 4 is 33.0 Å². The minimum absolute atomic E-state index is 0.475. The summed E-state index contributed by atoms with van der Waals surface area (Å²) in [7, 11) is 0. The fourth-order valence-corrected chi connectivity index (χ4v) is 10.2. The summed E-state index contributed by atoms with van der Waals surface area (Å²) in [6.45, 7) is 0. The van der Waals surface area contributed by atoms with Gasteiger partial charge in [-0.1, -0.05) is 109 Å². The van der Waals surface area contributed by atoms with Crippen LogP contribution in [0.5, 0.6) is 0 Å². The molecular formula is C46H26N2. The van der Waals surface area contributed by atoms with E-state index in [0.29, 0.717) is 0 Å². The van der Waals surface area contributed by atoms with Crippen molar-refractivity contribution in [1.29, 1.82) is 0 Å². The Kier molecular flexibility index (Phi) is 4.39. The Morgan fingerprint density at radius 3 is 1.12 bits per heavy atom. The lowest BCUT2D eigenvalue weighted by Gasteiger charge is -2.34. The molecule has 4 aliphatic carbocycles. The van der Waals surface area contributed by atoms with Crippen LogP contribution in [0, 0.1) is 0 Å². The highest BCUT2D eigenvalue weighted by Crippen LogP contribution is 2.74. The van der Waals surface area contributed by atoms with Crippen molar-refractivity contribution in [3.63, 3.8) is 0 Å². The van der Waals surface area contributed by atoms with E-state index >= 15 is 0 Å². The largest absolute Gasteiger partial charge is 0.256 e. The lowest BCUT2D eigenvalue weighted by atomic mass is 9.66. The predicted molar refractivity (Wildman–Crippen MR) is 194 cm³/mol. The fourth-order valence-electron chi connectivity index (χ4n) is 10.2. The van der Waals surface area contributed by atoms with E-state index in [1.165, 1.54) is 88.7 Å². The summed E-state index contributed by atoms with van der Waals surface area (Å²) >= 11 is 0. The maximum Gasteiger partial charge on any atom is 0.0729 e. The zero-order chi connectivity index (χ0) is 31.2. The molecule has 2 spiro atoms. The molecule has 0 saturated carbocycles. The monoisotopic (exact) mass is 606 g/mol. The maximum atomic E-state index is 4.81. The Labute approximate surface area is 277 Å². The number of benzene rings is 6. The molecule has 48 heavy (non-hydrogen) atoms. The van der Waals surface area contributed by atoms with Gasteiger partial charge in [-0.2, -0.15) is 0 Å². The van der Waals surface area contributed by atoms with Crippen LogP contribution in [0.15, 0.2) is 158 Å². The standard InChI is InChI=1S/C46H26N2/c1-5-17-35-29(13-1)33-25-41-27(11-9-21-47-41)23-39(33)45(35)37-19-7-3-15-31(37)44-43(45)32-16-4-8-20-38(32)46(44)36-18-6-2-14-30(36)34-26-42-28(24-40(34)46)12-10-22-48-42/h1-26H. The van der Waals surface area contributed by atoms with Crippen LogP contribution in [0.2, 0.25) is 0 Å². The zero-order valence-corrected chi connectivity index (χ0v) is 25.9. The van der Waals surface area contributed by atoms with Gasteiger partial charge in [0, 0.05) is 23.2 Å². The molecule has 0 N–H and O–H groups in total. The summed E-state index contributed by atoms with van der Waals surface area (Å²) in [5.74, 6) is 0. The number of nitrogens with zero attached hydrogens (tertiary/aromatic N) is 2. The van der Waals surface area contributed by atoms with Gasteiger partial charge in [-0.05, 0) is 114 Å². The third-order valence-electron chi connectivity index (χ3n) is 11.7. The minimum atomic E-state index is -0.475. The lowest BCUT2D eigenvalue weighted by molar-refractivity contribution is 0.827. The van der Waals surface area contributed by atoms with Gasteiger partial charge in [0.15, 0.2) is 0 Å². The normalized spacial score (nSPS) is 20.2. The number of pyridine rings is 2. The highest BCUT2D eigenvalue weighted by Gasteiger charge is 2.63. The van der Waals surface area contributed by atoms with Crippen LogP contribution >= 0.6 is 0 Å². The summed E-state index contributed by atoms with van der Waals surface area (Å²) in [4.78, 5) is 9.62. The van der Waals surface area contributed by atoms with E-state index in [0.717, 1.165) is 11.0 Å². The van der Waals surface area contributed by atoms with Gasteiger partial charge < -0.3 is 0 Å². The first-order valence-corrected chi connectivity index (χ1v) is 16.7. The smallest absolute Gasteiger partial charge is 0.0729 e. The summed E-state index contributed by atoms with van der Waals surface area (Å²) in [6.07, 6.45) is 3.81. The average molecular weight is 607 g/mol. The third kappa shape index (κ3) is 2.61. The van der Waals surface area contributed by atoms with Crippen molar-refractivity contribution in [3.8, 4) is 22.3 Å². The Bertz CT molecular complexity index is 2610. The molecule has 8 aromatic rings. The molecule has 4 aliphatic rings. The van der Waals surface area contributed by atoms with Crippen LogP contribution in [0.1, 0.15) is 44.5 Å². The van der Waals surface area contributed by atoms with Crippen LogP contribution in [-0.4, -0.2) is 9.97 Å². The van der Waals surface area contributed by atoms with Gasteiger partial charge in [-0.25, -0.2) is 0 Å². The van der Waals surface area contributed by atoms with Crippen LogP contribution in [0.3, 0.4) is 0 Å². The molecule has 6 aromatic carbocycles. The van der Waals surface area contributed by atoms with Gasteiger partial charge in [0.05, 0.1) is 21.9 Å². The summed E-state index contributed by atoms with van der Waals surface area (Å²) in [6, 6.07) is 54.8. The van der Waals surface area contributed by atoms with Crippen molar-refractivity contribution in [1.82, 2.24) is 9.97 Å². The first kappa shape index (κ1) is 25.0. The highest BCUT2D eigenvalue weighted by atomic mass is 14.7. The Hall–Kier alpha value is -6.12. The molecule has 0 saturated heterocycles. The molecule has 2 unspecified atom stereocenters.